The van der Waals surface area contributed by atoms with E-state index in [2.05, 4.69) is 22.5 Å². The summed E-state index contributed by atoms with van der Waals surface area (Å²) in [5, 5.41) is 8.08. The second-order valence-corrected chi connectivity index (χ2v) is 9.18. The maximum absolute atomic E-state index is 12.4. The summed E-state index contributed by atoms with van der Waals surface area (Å²) in [6.45, 7) is 2.85. The number of hydrogen-bond acceptors (Lipinski definition) is 5. The van der Waals surface area contributed by atoms with Crippen LogP contribution in [0.3, 0.4) is 0 Å². The highest BCUT2D eigenvalue weighted by molar-refractivity contribution is 7.20. The molecule has 2 aromatic heterocycles. The number of nitrogens with one attached hydrogen (secondary N) is 2. The van der Waals surface area contributed by atoms with Crippen molar-refractivity contribution in [1.29, 1.82) is 0 Å². The lowest BCUT2D eigenvalue weighted by Gasteiger charge is -2.25. The van der Waals surface area contributed by atoms with Gasteiger partial charge in [-0.05, 0) is 42.8 Å². The van der Waals surface area contributed by atoms with Gasteiger partial charge in [0.1, 0.15) is 0 Å². The van der Waals surface area contributed by atoms with E-state index in [4.69, 9.17) is 4.74 Å². The Balaban J connectivity index is 1.32. The second-order valence-electron chi connectivity index (χ2n) is 8.14. The van der Waals surface area contributed by atoms with Gasteiger partial charge >= 0.3 is 6.09 Å². The van der Waals surface area contributed by atoms with Crippen LogP contribution in [-0.4, -0.2) is 17.1 Å². The first kappa shape index (κ1) is 20.8. The molecule has 4 rings (SSSR count). The molecule has 2 N–H and O–H groups in total. The first-order valence-corrected chi connectivity index (χ1v) is 11.6. The van der Waals surface area contributed by atoms with Gasteiger partial charge < -0.3 is 10.1 Å². The van der Waals surface area contributed by atoms with Gasteiger partial charge in [0.15, 0.2) is 5.06 Å². The van der Waals surface area contributed by atoms with Gasteiger partial charge in [0, 0.05) is 29.5 Å². The third-order valence-corrected chi connectivity index (χ3v) is 6.75. The van der Waals surface area contributed by atoms with E-state index in [0.29, 0.717) is 23.3 Å². The third kappa shape index (κ3) is 5.58. The molecule has 3 aromatic rings. The van der Waals surface area contributed by atoms with E-state index in [1.165, 1.54) is 49.9 Å². The van der Waals surface area contributed by atoms with Crippen LogP contribution in [0.25, 0.3) is 10.1 Å². The van der Waals surface area contributed by atoms with E-state index >= 15 is 0 Å². The molecule has 1 saturated carbocycles. The van der Waals surface area contributed by atoms with Crippen molar-refractivity contribution >= 4 is 33.2 Å². The summed E-state index contributed by atoms with van der Waals surface area (Å²) >= 11 is 1.46. The van der Waals surface area contributed by atoms with Crippen LogP contribution < -0.4 is 15.4 Å². The number of amides is 1. The Morgan fingerprint density at radius 2 is 2.03 bits per heavy atom. The van der Waals surface area contributed by atoms with Gasteiger partial charge in [-0.3, -0.25) is 10.3 Å². The van der Waals surface area contributed by atoms with Gasteiger partial charge in [-0.1, -0.05) is 61.6 Å². The summed E-state index contributed by atoms with van der Waals surface area (Å²) in [5.74, 6) is 0.832. The number of carbonyl (C=O) groups excluding carboxylic acids is 1. The minimum absolute atomic E-state index is 0.424. The lowest BCUT2D eigenvalue weighted by atomic mass is 9.85. The van der Waals surface area contributed by atoms with Crippen molar-refractivity contribution in [2.24, 2.45) is 5.92 Å². The molecule has 1 unspecified atom stereocenters. The van der Waals surface area contributed by atoms with Gasteiger partial charge in [-0.15, -0.1) is 0 Å². The number of fused-ring (bicyclic) bond motifs is 1. The molecule has 1 aliphatic rings. The fourth-order valence-corrected chi connectivity index (χ4v) is 5.12. The van der Waals surface area contributed by atoms with E-state index in [1.54, 1.807) is 6.20 Å². The lowest BCUT2D eigenvalue weighted by Crippen LogP contribution is -2.29. The molecule has 1 fully saturated rings. The van der Waals surface area contributed by atoms with Crippen LogP contribution in [0, 0.1) is 5.92 Å². The van der Waals surface area contributed by atoms with Crippen LogP contribution in [0.2, 0.25) is 0 Å². The summed E-state index contributed by atoms with van der Waals surface area (Å²) in [6, 6.07) is 14.0. The number of nitrogens with zero attached hydrogens (tertiary/aromatic N) is 1. The predicted octanol–water partition coefficient (Wildman–Crippen LogP) is 6.36. The minimum atomic E-state index is -0.494. The average Bonchev–Trinajstić information content (AvgIpc) is 3.16. The second kappa shape index (κ2) is 10.0. The molecule has 1 aromatic carbocycles. The number of thiophene rings is 1. The summed E-state index contributed by atoms with van der Waals surface area (Å²) in [7, 11) is 0. The van der Waals surface area contributed by atoms with Crippen LogP contribution in [0.5, 0.6) is 5.06 Å². The molecular formula is C24H29N3O2S. The van der Waals surface area contributed by atoms with Crippen LogP contribution in [0.1, 0.15) is 51.1 Å². The molecule has 0 aliphatic heterocycles. The monoisotopic (exact) mass is 423 g/mol. The highest BCUT2D eigenvalue weighted by atomic mass is 32.1. The fourth-order valence-electron chi connectivity index (χ4n) is 4.20. The lowest BCUT2D eigenvalue weighted by molar-refractivity contribution is 0.216. The number of rotatable bonds is 7. The van der Waals surface area contributed by atoms with Crippen molar-refractivity contribution in [1.82, 2.24) is 10.3 Å². The Hall–Kier alpha value is -2.44. The standard InChI is InChI=1S/C24H29N3O2S/c1-17(14-18-8-3-2-4-9-18)26-16-21-20(11-7-13-25-21)27-24(28)29-23-15-19-10-5-6-12-22(19)30-23/h5-7,10-13,15,17-18,26H,2-4,8-9,14,16H2,1H3,(H,27,28). The minimum Gasteiger partial charge on any atom is -0.399 e. The maximum Gasteiger partial charge on any atom is 0.417 e. The van der Waals surface area contributed by atoms with Crippen molar-refractivity contribution < 1.29 is 9.53 Å². The van der Waals surface area contributed by atoms with Crippen molar-refractivity contribution in [2.75, 3.05) is 5.32 Å². The summed E-state index contributed by atoms with van der Waals surface area (Å²) in [5.41, 5.74) is 1.50. The largest absolute Gasteiger partial charge is 0.417 e. The molecule has 6 heteroatoms. The zero-order chi connectivity index (χ0) is 20.8. The topological polar surface area (TPSA) is 63.2 Å². The number of benzene rings is 1. The van der Waals surface area contributed by atoms with Crippen molar-refractivity contribution in [3.63, 3.8) is 0 Å². The summed E-state index contributed by atoms with van der Waals surface area (Å²) < 4.78 is 6.60. The normalized spacial score (nSPS) is 15.8. The number of anilines is 1. The molecule has 158 valence electrons. The quantitative estimate of drug-likeness (QED) is 0.464. The van der Waals surface area contributed by atoms with E-state index in [9.17, 15) is 4.79 Å². The first-order valence-electron chi connectivity index (χ1n) is 10.8. The molecule has 0 radical (unpaired) electrons. The van der Waals surface area contributed by atoms with Crippen LogP contribution in [0.4, 0.5) is 10.5 Å². The van der Waals surface area contributed by atoms with Gasteiger partial charge in [0.2, 0.25) is 0 Å². The molecule has 0 spiro atoms. The van der Waals surface area contributed by atoms with E-state index in [0.717, 1.165) is 21.7 Å². The molecular weight excluding hydrogens is 394 g/mol. The molecule has 0 bridgehead atoms. The number of pyridine rings is 1. The molecule has 1 amide bonds. The predicted molar refractivity (Wildman–Crippen MR) is 123 cm³/mol. The maximum atomic E-state index is 12.4. The highest BCUT2D eigenvalue weighted by Gasteiger charge is 2.17. The molecule has 0 saturated heterocycles. The van der Waals surface area contributed by atoms with Crippen molar-refractivity contribution in [3.05, 3.63) is 54.4 Å². The number of carbonyl (C=O) groups is 1. The zero-order valence-corrected chi connectivity index (χ0v) is 18.2. The Morgan fingerprint density at radius 1 is 1.20 bits per heavy atom. The zero-order valence-electron chi connectivity index (χ0n) is 17.4. The van der Waals surface area contributed by atoms with Gasteiger partial charge in [-0.2, -0.15) is 0 Å². The summed E-state index contributed by atoms with van der Waals surface area (Å²) in [4.78, 5) is 16.9. The molecule has 2 heterocycles. The molecule has 1 aliphatic carbocycles. The van der Waals surface area contributed by atoms with Gasteiger partial charge in [-0.25, -0.2) is 4.79 Å². The Morgan fingerprint density at radius 3 is 2.87 bits per heavy atom. The number of aromatic nitrogens is 1. The first-order chi connectivity index (χ1) is 14.7. The van der Waals surface area contributed by atoms with Crippen LogP contribution >= 0.6 is 11.3 Å². The Kier molecular flexibility index (Phi) is 6.97. The fraction of sp³-hybridized carbons (Fsp3) is 0.417. The van der Waals surface area contributed by atoms with E-state index in [1.807, 2.05) is 42.5 Å². The Labute approximate surface area is 181 Å². The number of ether oxygens (including phenoxy) is 1. The van der Waals surface area contributed by atoms with Crippen molar-refractivity contribution in [2.45, 2.75) is 58.0 Å². The SMILES string of the molecule is CC(CC1CCCCC1)NCc1ncccc1NC(=O)Oc1cc2ccccc2s1. The number of hydrogen-bond donors (Lipinski definition) is 2. The third-order valence-electron chi connectivity index (χ3n) is 5.75. The molecule has 5 nitrogen and oxygen atoms in total. The van der Waals surface area contributed by atoms with Crippen LogP contribution in [0.15, 0.2) is 48.7 Å². The van der Waals surface area contributed by atoms with Gasteiger partial charge in [0.25, 0.3) is 0 Å². The molecule has 1 atom stereocenters. The molecule has 30 heavy (non-hydrogen) atoms. The summed E-state index contributed by atoms with van der Waals surface area (Å²) in [6.07, 6.45) is 9.29. The van der Waals surface area contributed by atoms with Crippen LogP contribution in [-0.2, 0) is 6.54 Å². The highest BCUT2D eigenvalue weighted by Crippen LogP contribution is 2.31. The van der Waals surface area contributed by atoms with Crippen molar-refractivity contribution in [3.8, 4) is 5.06 Å². The van der Waals surface area contributed by atoms with E-state index in [-0.39, 0.29) is 0 Å². The van der Waals surface area contributed by atoms with Gasteiger partial charge in [0.05, 0.1) is 11.4 Å². The smallest absolute Gasteiger partial charge is 0.399 e. The van der Waals surface area contributed by atoms with E-state index < -0.39 is 6.09 Å². The average molecular weight is 424 g/mol. The Bertz CT molecular complexity index is 948.